The second-order valence-corrected chi connectivity index (χ2v) is 3.74. The molecule has 1 N–H and O–H groups in total. The molecule has 4 nitrogen and oxygen atoms in total. The maximum absolute atomic E-state index is 13.3. The van der Waals surface area contributed by atoms with E-state index in [9.17, 15) is 18.0 Å². The normalized spacial score (nSPS) is 9.90. The summed E-state index contributed by atoms with van der Waals surface area (Å²) in [6.07, 6.45) is 0. The van der Waals surface area contributed by atoms with Crippen molar-refractivity contribution in [2.45, 2.75) is 0 Å². The first-order chi connectivity index (χ1) is 9.51. The SMILES string of the molecule is N#Cc1ccc(NC(=O)c2cc(F)nc(F)c2F)cc1. The summed E-state index contributed by atoms with van der Waals surface area (Å²) < 4.78 is 39.1. The van der Waals surface area contributed by atoms with Gasteiger partial charge in [0.1, 0.15) is 0 Å². The summed E-state index contributed by atoms with van der Waals surface area (Å²) in [5.74, 6) is -5.53. The Morgan fingerprint density at radius 3 is 2.45 bits per heavy atom. The van der Waals surface area contributed by atoms with Crippen LogP contribution in [-0.4, -0.2) is 10.9 Å². The van der Waals surface area contributed by atoms with Crippen molar-refractivity contribution in [1.82, 2.24) is 4.98 Å². The number of benzene rings is 1. The van der Waals surface area contributed by atoms with E-state index in [1.54, 1.807) is 0 Å². The zero-order valence-corrected chi connectivity index (χ0v) is 9.82. The summed E-state index contributed by atoms with van der Waals surface area (Å²) >= 11 is 0. The van der Waals surface area contributed by atoms with Crippen LogP contribution in [0.2, 0.25) is 0 Å². The molecule has 7 heteroatoms. The van der Waals surface area contributed by atoms with E-state index in [1.807, 2.05) is 6.07 Å². The van der Waals surface area contributed by atoms with E-state index < -0.39 is 29.2 Å². The predicted molar refractivity (Wildman–Crippen MR) is 63.2 cm³/mol. The summed E-state index contributed by atoms with van der Waals surface area (Å²) in [5, 5.41) is 10.9. The van der Waals surface area contributed by atoms with Crippen LogP contribution >= 0.6 is 0 Å². The minimum Gasteiger partial charge on any atom is -0.322 e. The van der Waals surface area contributed by atoms with Crippen LogP contribution in [0.25, 0.3) is 0 Å². The molecule has 1 aromatic carbocycles. The molecule has 0 atom stereocenters. The van der Waals surface area contributed by atoms with Crippen molar-refractivity contribution in [3.8, 4) is 6.07 Å². The number of carbonyl (C=O) groups is 1. The average Bonchev–Trinajstić information content (AvgIpc) is 2.43. The number of nitrogens with one attached hydrogen (secondary N) is 1. The zero-order valence-electron chi connectivity index (χ0n) is 9.82. The number of hydrogen-bond acceptors (Lipinski definition) is 3. The van der Waals surface area contributed by atoms with E-state index in [0.29, 0.717) is 11.6 Å². The first-order valence-corrected chi connectivity index (χ1v) is 5.34. The highest BCUT2D eigenvalue weighted by atomic mass is 19.2. The maximum Gasteiger partial charge on any atom is 0.258 e. The van der Waals surface area contributed by atoms with Crippen molar-refractivity contribution >= 4 is 11.6 Å². The monoisotopic (exact) mass is 277 g/mol. The number of anilines is 1. The van der Waals surface area contributed by atoms with Crippen molar-refractivity contribution in [2.24, 2.45) is 0 Å². The number of halogens is 3. The van der Waals surface area contributed by atoms with Crippen molar-refractivity contribution in [1.29, 1.82) is 5.26 Å². The molecule has 0 saturated carbocycles. The van der Waals surface area contributed by atoms with Crippen LogP contribution < -0.4 is 5.32 Å². The molecule has 1 amide bonds. The topological polar surface area (TPSA) is 65.8 Å². The van der Waals surface area contributed by atoms with E-state index >= 15 is 0 Å². The van der Waals surface area contributed by atoms with Gasteiger partial charge in [-0.05, 0) is 24.3 Å². The van der Waals surface area contributed by atoms with Crippen LogP contribution in [0.4, 0.5) is 18.9 Å². The van der Waals surface area contributed by atoms with Crippen LogP contribution in [0, 0.1) is 29.0 Å². The van der Waals surface area contributed by atoms with Crippen LogP contribution in [0.1, 0.15) is 15.9 Å². The lowest BCUT2D eigenvalue weighted by molar-refractivity contribution is 0.102. The molecule has 0 aliphatic carbocycles. The predicted octanol–water partition coefficient (Wildman–Crippen LogP) is 2.62. The van der Waals surface area contributed by atoms with Gasteiger partial charge in [-0.2, -0.15) is 19.0 Å². The summed E-state index contributed by atoms with van der Waals surface area (Å²) in [7, 11) is 0. The Labute approximate surface area is 111 Å². The Balaban J connectivity index is 2.26. The van der Waals surface area contributed by atoms with Crippen LogP contribution in [-0.2, 0) is 0 Å². The molecule has 0 aliphatic heterocycles. The van der Waals surface area contributed by atoms with E-state index in [2.05, 4.69) is 10.3 Å². The number of pyridine rings is 1. The summed E-state index contributed by atoms with van der Waals surface area (Å²) in [6, 6.07) is 8.05. The smallest absolute Gasteiger partial charge is 0.258 e. The van der Waals surface area contributed by atoms with Gasteiger partial charge < -0.3 is 5.32 Å². The number of nitrogens with zero attached hydrogens (tertiary/aromatic N) is 2. The van der Waals surface area contributed by atoms with Gasteiger partial charge in [-0.1, -0.05) is 0 Å². The molecule has 0 saturated heterocycles. The molecular formula is C13H6F3N3O. The molecule has 100 valence electrons. The first kappa shape index (κ1) is 13.5. The molecule has 2 aromatic rings. The fraction of sp³-hybridized carbons (Fsp3) is 0. The number of rotatable bonds is 2. The molecule has 0 aliphatic rings. The molecule has 0 radical (unpaired) electrons. The molecule has 2 rings (SSSR count). The molecule has 0 bridgehead atoms. The van der Waals surface area contributed by atoms with Gasteiger partial charge in [-0.3, -0.25) is 4.79 Å². The Kier molecular flexibility index (Phi) is 3.66. The van der Waals surface area contributed by atoms with E-state index in [1.165, 1.54) is 24.3 Å². The van der Waals surface area contributed by atoms with E-state index in [0.717, 1.165) is 0 Å². The van der Waals surface area contributed by atoms with E-state index in [4.69, 9.17) is 5.26 Å². The minimum absolute atomic E-state index is 0.256. The van der Waals surface area contributed by atoms with Gasteiger partial charge in [0.2, 0.25) is 5.95 Å². The molecule has 0 spiro atoms. The van der Waals surface area contributed by atoms with E-state index in [-0.39, 0.29) is 5.69 Å². The quantitative estimate of drug-likeness (QED) is 0.858. The third kappa shape index (κ3) is 2.75. The van der Waals surface area contributed by atoms with Gasteiger partial charge >= 0.3 is 0 Å². The van der Waals surface area contributed by atoms with Crippen molar-refractivity contribution in [3.05, 3.63) is 59.2 Å². The third-order valence-corrected chi connectivity index (χ3v) is 2.40. The highest BCUT2D eigenvalue weighted by molar-refractivity contribution is 6.04. The van der Waals surface area contributed by atoms with Gasteiger partial charge in [-0.25, -0.2) is 4.39 Å². The third-order valence-electron chi connectivity index (χ3n) is 2.40. The number of nitriles is 1. The first-order valence-electron chi connectivity index (χ1n) is 5.34. The van der Waals surface area contributed by atoms with Crippen LogP contribution in [0.3, 0.4) is 0 Å². The molecule has 0 unspecified atom stereocenters. The minimum atomic E-state index is -1.69. The van der Waals surface area contributed by atoms with Gasteiger partial charge in [0, 0.05) is 11.8 Å². The lowest BCUT2D eigenvalue weighted by atomic mass is 10.2. The van der Waals surface area contributed by atoms with Crippen molar-refractivity contribution in [2.75, 3.05) is 5.32 Å². The number of amides is 1. The Hall–Kier alpha value is -2.88. The summed E-state index contributed by atoms with van der Waals surface area (Å²) in [6.45, 7) is 0. The Morgan fingerprint density at radius 1 is 1.20 bits per heavy atom. The second-order valence-electron chi connectivity index (χ2n) is 3.74. The van der Waals surface area contributed by atoms with Gasteiger partial charge in [-0.15, -0.1) is 0 Å². The maximum atomic E-state index is 13.3. The Morgan fingerprint density at radius 2 is 1.85 bits per heavy atom. The van der Waals surface area contributed by atoms with Gasteiger partial charge in [0.05, 0.1) is 17.2 Å². The lowest BCUT2D eigenvalue weighted by Gasteiger charge is -2.06. The van der Waals surface area contributed by atoms with Crippen LogP contribution in [0.15, 0.2) is 30.3 Å². The van der Waals surface area contributed by atoms with Gasteiger partial charge in [0.15, 0.2) is 5.82 Å². The van der Waals surface area contributed by atoms with Crippen LogP contribution in [0.5, 0.6) is 0 Å². The fourth-order valence-electron chi connectivity index (χ4n) is 1.46. The molecule has 1 aromatic heterocycles. The van der Waals surface area contributed by atoms with Crippen molar-refractivity contribution < 1.29 is 18.0 Å². The molecule has 1 heterocycles. The second kappa shape index (κ2) is 5.40. The molecular weight excluding hydrogens is 271 g/mol. The standard InChI is InChI=1S/C13H6F3N3O/c14-10-5-9(11(15)12(16)19-10)13(20)18-8-3-1-7(6-17)2-4-8/h1-5H,(H,18,20). The molecule has 20 heavy (non-hydrogen) atoms. The molecule has 0 fully saturated rings. The highest BCUT2D eigenvalue weighted by Gasteiger charge is 2.18. The van der Waals surface area contributed by atoms with Gasteiger partial charge in [0.25, 0.3) is 11.9 Å². The number of aromatic nitrogens is 1. The van der Waals surface area contributed by atoms with Crippen molar-refractivity contribution in [3.63, 3.8) is 0 Å². The lowest BCUT2D eigenvalue weighted by Crippen LogP contribution is -2.16. The largest absolute Gasteiger partial charge is 0.322 e. The summed E-state index contributed by atoms with van der Waals surface area (Å²) in [5.41, 5.74) is -0.166. The zero-order chi connectivity index (χ0) is 14.7. The Bertz CT molecular complexity index is 708. The number of hydrogen-bond donors (Lipinski definition) is 1. The highest BCUT2D eigenvalue weighted by Crippen LogP contribution is 2.15. The number of carbonyl (C=O) groups excluding carboxylic acids is 1. The average molecular weight is 277 g/mol. The summed E-state index contributed by atoms with van der Waals surface area (Å²) in [4.78, 5) is 14.3. The fourth-order valence-corrected chi connectivity index (χ4v) is 1.46.